The largest absolute Gasteiger partial charge is 0.493 e. The Morgan fingerprint density at radius 3 is 2.32 bits per heavy atom. The summed E-state index contributed by atoms with van der Waals surface area (Å²) in [5.74, 6) is 0.0491. The maximum atomic E-state index is 11.8. The Balaban J connectivity index is 2.16. The highest BCUT2D eigenvalue weighted by Crippen LogP contribution is 2.33. The minimum Gasteiger partial charge on any atom is -0.493 e. The highest BCUT2D eigenvalue weighted by molar-refractivity contribution is 7.88. The van der Waals surface area contributed by atoms with Gasteiger partial charge in [0.1, 0.15) is 6.04 Å². The predicted molar refractivity (Wildman–Crippen MR) is 92.5 cm³/mol. The lowest BCUT2D eigenvalue weighted by Gasteiger charge is -2.35. The number of sulfonamides is 1. The molecule has 1 aromatic rings. The molecule has 0 aromatic heterocycles. The predicted octanol–water partition coefficient (Wildman–Crippen LogP) is 0.843. The second kappa shape index (κ2) is 8.03. The van der Waals surface area contributed by atoms with Gasteiger partial charge in [0.05, 0.1) is 20.5 Å². The number of likely N-dealkylation sites (tertiary alicyclic amines) is 1. The van der Waals surface area contributed by atoms with E-state index in [1.807, 2.05) is 4.90 Å². The third-order valence-electron chi connectivity index (χ3n) is 4.23. The molecule has 0 saturated carbocycles. The zero-order valence-electron chi connectivity index (χ0n) is 14.6. The van der Waals surface area contributed by atoms with Crippen LogP contribution in [0.5, 0.6) is 11.5 Å². The van der Waals surface area contributed by atoms with E-state index in [9.17, 15) is 18.3 Å². The first-order chi connectivity index (χ1) is 11.7. The molecule has 0 bridgehead atoms. The Morgan fingerprint density at radius 2 is 1.84 bits per heavy atom. The molecule has 0 radical (unpaired) electrons. The number of hydrogen-bond acceptors (Lipinski definition) is 6. The van der Waals surface area contributed by atoms with Gasteiger partial charge in [-0.15, -0.1) is 0 Å². The quantitative estimate of drug-likeness (QED) is 0.731. The molecule has 1 fully saturated rings. The molecule has 140 valence electrons. The summed E-state index contributed by atoms with van der Waals surface area (Å²) in [4.78, 5) is 13.7. The van der Waals surface area contributed by atoms with Crippen molar-refractivity contribution in [3.63, 3.8) is 0 Å². The van der Waals surface area contributed by atoms with Crippen LogP contribution in [0, 0.1) is 0 Å². The lowest BCUT2D eigenvalue weighted by Crippen LogP contribution is -2.46. The van der Waals surface area contributed by atoms with Gasteiger partial charge >= 0.3 is 5.97 Å². The SMILES string of the molecule is COc1ccc(C(C(=O)O)N2CCC(NS(C)(=O)=O)CC2)cc1OC. The molecule has 1 aromatic carbocycles. The summed E-state index contributed by atoms with van der Waals surface area (Å²) in [6.45, 7) is 0.969. The van der Waals surface area contributed by atoms with Gasteiger partial charge in [-0.3, -0.25) is 9.69 Å². The average Bonchev–Trinajstić information content (AvgIpc) is 2.54. The van der Waals surface area contributed by atoms with E-state index in [2.05, 4.69) is 4.72 Å². The molecule has 2 N–H and O–H groups in total. The molecule has 0 spiro atoms. The minimum absolute atomic E-state index is 0.161. The van der Waals surface area contributed by atoms with Gasteiger partial charge in [-0.1, -0.05) is 6.07 Å². The van der Waals surface area contributed by atoms with Gasteiger partial charge in [-0.05, 0) is 30.5 Å². The molecule has 1 unspecified atom stereocenters. The molecule has 0 aliphatic carbocycles. The lowest BCUT2D eigenvalue weighted by atomic mass is 9.99. The number of carboxylic acid groups (broad SMARTS) is 1. The van der Waals surface area contributed by atoms with Crippen molar-refractivity contribution in [2.24, 2.45) is 0 Å². The van der Waals surface area contributed by atoms with Crippen molar-refractivity contribution in [2.75, 3.05) is 33.6 Å². The summed E-state index contributed by atoms with van der Waals surface area (Å²) < 4.78 is 35.7. The van der Waals surface area contributed by atoms with Crippen LogP contribution in [0.1, 0.15) is 24.4 Å². The van der Waals surface area contributed by atoms with Crippen LogP contribution in [0.4, 0.5) is 0 Å². The number of nitrogens with zero attached hydrogens (tertiary/aromatic N) is 1. The molecule has 0 amide bonds. The number of carboxylic acids is 1. The van der Waals surface area contributed by atoms with Crippen LogP contribution in [0.15, 0.2) is 18.2 Å². The van der Waals surface area contributed by atoms with E-state index in [0.717, 1.165) is 6.26 Å². The van der Waals surface area contributed by atoms with Gasteiger partial charge in [-0.2, -0.15) is 0 Å². The van der Waals surface area contributed by atoms with E-state index in [-0.39, 0.29) is 6.04 Å². The van der Waals surface area contributed by atoms with E-state index < -0.39 is 22.0 Å². The highest BCUT2D eigenvalue weighted by atomic mass is 32.2. The number of hydrogen-bond donors (Lipinski definition) is 2. The van der Waals surface area contributed by atoms with Crippen molar-refractivity contribution < 1.29 is 27.8 Å². The normalized spacial score (nSPS) is 17.9. The van der Waals surface area contributed by atoms with E-state index in [4.69, 9.17) is 9.47 Å². The van der Waals surface area contributed by atoms with Crippen LogP contribution in [-0.4, -0.2) is 64.0 Å². The smallest absolute Gasteiger partial charge is 0.325 e. The molecule has 1 saturated heterocycles. The fourth-order valence-electron chi connectivity index (χ4n) is 3.11. The van der Waals surface area contributed by atoms with Crippen LogP contribution in [-0.2, 0) is 14.8 Å². The second-order valence-electron chi connectivity index (χ2n) is 6.06. The van der Waals surface area contributed by atoms with E-state index in [1.165, 1.54) is 14.2 Å². The van der Waals surface area contributed by atoms with Gasteiger partial charge in [-0.25, -0.2) is 13.1 Å². The molecular weight excluding hydrogens is 348 g/mol. The van der Waals surface area contributed by atoms with Crippen LogP contribution in [0.3, 0.4) is 0 Å². The van der Waals surface area contributed by atoms with E-state index >= 15 is 0 Å². The first kappa shape index (κ1) is 19.5. The summed E-state index contributed by atoms with van der Waals surface area (Å²) in [5, 5.41) is 9.70. The van der Waals surface area contributed by atoms with Crippen molar-refractivity contribution in [1.82, 2.24) is 9.62 Å². The summed E-state index contributed by atoms with van der Waals surface area (Å²) in [5.41, 5.74) is 0.597. The molecule has 8 nitrogen and oxygen atoms in total. The maximum Gasteiger partial charge on any atom is 0.325 e. The monoisotopic (exact) mass is 372 g/mol. The number of benzene rings is 1. The topological polar surface area (TPSA) is 105 Å². The highest BCUT2D eigenvalue weighted by Gasteiger charge is 2.32. The van der Waals surface area contributed by atoms with Crippen molar-refractivity contribution in [3.8, 4) is 11.5 Å². The number of nitrogens with one attached hydrogen (secondary N) is 1. The first-order valence-electron chi connectivity index (χ1n) is 7.91. The second-order valence-corrected chi connectivity index (χ2v) is 7.84. The van der Waals surface area contributed by atoms with Crippen molar-refractivity contribution in [2.45, 2.75) is 24.9 Å². The fourth-order valence-corrected chi connectivity index (χ4v) is 3.95. The van der Waals surface area contributed by atoms with Crippen molar-refractivity contribution >= 4 is 16.0 Å². The van der Waals surface area contributed by atoms with E-state index in [0.29, 0.717) is 43.0 Å². The number of methoxy groups -OCH3 is 2. The van der Waals surface area contributed by atoms with E-state index in [1.54, 1.807) is 18.2 Å². The van der Waals surface area contributed by atoms with Gasteiger partial charge in [0, 0.05) is 19.1 Å². The Labute approximate surface area is 147 Å². The van der Waals surface area contributed by atoms with Gasteiger partial charge < -0.3 is 14.6 Å². The zero-order chi connectivity index (χ0) is 18.6. The Hall–Kier alpha value is -1.84. The number of rotatable bonds is 7. The number of aliphatic carboxylic acids is 1. The lowest BCUT2D eigenvalue weighted by molar-refractivity contribution is -0.144. The zero-order valence-corrected chi connectivity index (χ0v) is 15.4. The standard InChI is InChI=1S/C16H24N2O6S/c1-23-13-5-4-11(10-14(13)24-2)15(16(19)20)18-8-6-12(7-9-18)17-25(3,21)22/h4-5,10,12,15,17H,6-9H2,1-3H3,(H,19,20). The molecule has 1 aliphatic heterocycles. The Kier molecular flexibility index (Phi) is 6.26. The molecule has 9 heteroatoms. The van der Waals surface area contributed by atoms with Gasteiger partial charge in [0.2, 0.25) is 10.0 Å². The van der Waals surface area contributed by atoms with Crippen LogP contribution in [0.2, 0.25) is 0 Å². The molecule has 1 aliphatic rings. The van der Waals surface area contributed by atoms with Crippen molar-refractivity contribution in [1.29, 1.82) is 0 Å². The van der Waals surface area contributed by atoms with Gasteiger partial charge in [0.25, 0.3) is 0 Å². The third kappa shape index (κ3) is 5.07. The molecule has 2 rings (SSSR count). The minimum atomic E-state index is -3.26. The molecule has 1 atom stereocenters. The summed E-state index contributed by atoms with van der Waals surface area (Å²) in [7, 11) is -0.243. The van der Waals surface area contributed by atoms with Crippen LogP contribution in [0.25, 0.3) is 0 Å². The summed E-state index contributed by atoms with van der Waals surface area (Å²) in [6, 6.07) is 4.08. The number of carbonyl (C=O) groups is 1. The first-order valence-corrected chi connectivity index (χ1v) is 9.80. The Morgan fingerprint density at radius 1 is 1.24 bits per heavy atom. The van der Waals surface area contributed by atoms with Crippen LogP contribution >= 0.6 is 0 Å². The van der Waals surface area contributed by atoms with Gasteiger partial charge in [0.15, 0.2) is 11.5 Å². The number of ether oxygens (including phenoxy) is 2. The molecule has 25 heavy (non-hydrogen) atoms. The Bertz CT molecular complexity index is 713. The van der Waals surface area contributed by atoms with Crippen LogP contribution < -0.4 is 14.2 Å². The maximum absolute atomic E-state index is 11.8. The third-order valence-corrected chi connectivity index (χ3v) is 4.99. The van der Waals surface area contributed by atoms with Crippen molar-refractivity contribution in [3.05, 3.63) is 23.8 Å². The number of piperidine rings is 1. The average molecular weight is 372 g/mol. The molecular formula is C16H24N2O6S. The summed E-state index contributed by atoms with van der Waals surface area (Å²) in [6.07, 6.45) is 2.25. The molecule has 1 heterocycles. The summed E-state index contributed by atoms with van der Waals surface area (Å²) >= 11 is 0. The fraction of sp³-hybridized carbons (Fsp3) is 0.562.